The fourth-order valence-corrected chi connectivity index (χ4v) is 5.28. The molecule has 4 nitrogen and oxygen atoms in total. The summed E-state index contributed by atoms with van der Waals surface area (Å²) in [5.41, 5.74) is 0. The molecule has 8 heteroatoms. The van der Waals surface area contributed by atoms with Crippen molar-refractivity contribution in [1.82, 2.24) is 0 Å². The molecule has 0 aromatic rings. The van der Waals surface area contributed by atoms with Crippen LogP contribution in [0.3, 0.4) is 0 Å². The molecule has 0 aliphatic carbocycles. The van der Waals surface area contributed by atoms with Crippen LogP contribution in [-0.4, -0.2) is 11.9 Å². The van der Waals surface area contributed by atoms with Gasteiger partial charge < -0.3 is 19.8 Å². The van der Waals surface area contributed by atoms with Gasteiger partial charge in [0.2, 0.25) is 0 Å². The van der Waals surface area contributed by atoms with E-state index in [1.807, 2.05) is 20.4 Å². The normalized spacial score (nSPS) is 10.0. The summed E-state index contributed by atoms with van der Waals surface area (Å²) in [7, 11) is 0. The number of carbonyl (C=O) groups excluding carboxylic acids is 2. The van der Waals surface area contributed by atoms with Gasteiger partial charge in [-0.15, -0.1) is 0 Å². The largest absolute Gasteiger partial charge is 1.00 e. The van der Waals surface area contributed by atoms with Crippen molar-refractivity contribution in [2.45, 2.75) is 219 Å². The standard InChI is InChI=1S/2C18H36O2.2Ag.BrI/c2*1-2-3-4-5-6-7-8-9-10-11-12-13-14-15-16-17-18(19)20;;;1-2/h2*2-17H2,1H3,(H,19,20);;;/q;;2*+1;/p-2. The predicted molar refractivity (Wildman–Crippen MR) is 192 cm³/mol. The summed E-state index contributed by atoms with van der Waals surface area (Å²) in [4.78, 5) is 20.4. The molecule has 44 heavy (non-hydrogen) atoms. The van der Waals surface area contributed by atoms with Gasteiger partial charge in [-0.25, -0.2) is 0 Å². The van der Waals surface area contributed by atoms with Crippen LogP contribution < -0.4 is 10.2 Å². The van der Waals surface area contributed by atoms with E-state index in [1.54, 1.807) is 0 Å². The van der Waals surface area contributed by atoms with Crippen molar-refractivity contribution in [1.29, 1.82) is 0 Å². The third kappa shape index (κ3) is 62.5. The number of carboxylic acids is 2. The summed E-state index contributed by atoms with van der Waals surface area (Å²) < 4.78 is 0. The van der Waals surface area contributed by atoms with Crippen LogP contribution in [0.1, 0.15) is 219 Å². The van der Waals surface area contributed by atoms with Gasteiger partial charge in [0.15, 0.2) is 0 Å². The summed E-state index contributed by atoms with van der Waals surface area (Å²) in [6.45, 7) is 4.53. The second kappa shape index (κ2) is 54.1. The zero-order valence-electron chi connectivity index (χ0n) is 28.6. The molecule has 0 saturated heterocycles. The van der Waals surface area contributed by atoms with Crippen LogP contribution >= 0.6 is 33.1 Å². The van der Waals surface area contributed by atoms with E-state index in [0.717, 1.165) is 25.7 Å². The minimum atomic E-state index is -0.903. The number of carbonyl (C=O) groups is 2. The zero-order valence-corrected chi connectivity index (χ0v) is 35.3. The van der Waals surface area contributed by atoms with Gasteiger partial charge in [0.1, 0.15) is 0 Å². The molecule has 0 amide bonds. The second-order valence-electron chi connectivity index (χ2n) is 12.1. The fourth-order valence-electron chi connectivity index (χ4n) is 5.28. The first-order chi connectivity index (χ1) is 20.5. The van der Waals surface area contributed by atoms with E-state index in [4.69, 9.17) is 0 Å². The van der Waals surface area contributed by atoms with E-state index in [-0.39, 0.29) is 57.6 Å². The monoisotopic (exact) mass is 986 g/mol. The fraction of sp³-hybridized carbons (Fsp3) is 0.944. The predicted octanol–water partition coefficient (Wildman–Crippen LogP) is 11.7. The Morgan fingerprint density at radius 3 is 0.636 bits per heavy atom. The summed E-state index contributed by atoms with van der Waals surface area (Å²) in [5.74, 6) is -1.81. The molecule has 0 heterocycles. The van der Waals surface area contributed by atoms with Crippen LogP contribution in [0.2, 0.25) is 0 Å². The van der Waals surface area contributed by atoms with Gasteiger partial charge in [-0.1, -0.05) is 194 Å². The average Bonchev–Trinajstić information content (AvgIpc) is 2.98. The quantitative estimate of drug-likeness (QED) is 0.0382. The SMILES string of the molecule is BrI.CCCCCCCCCCCCCCCCCC(=O)[O-].CCCCCCCCCCCCCCCCCC(=O)[O-].[Ag+].[Ag+]. The van der Waals surface area contributed by atoms with Crippen molar-refractivity contribution in [3.8, 4) is 0 Å². The summed E-state index contributed by atoms with van der Waals surface area (Å²) in [6.07, 6.45) is 39.7. The number of hydrogen-bond donors (Lipinski definition) is 0. The Morgan fingerprint density at radius 2 is 0.500 bits per heavy atom. The molecular weight excluding hydrogens is 919 g/mol. The number of halogens is 2. The van der Waals surface area contributed by atoms with Crippen LogP contribution in [0.25, 0.3) is 0 Å². The Kier molecular flexibility index (Phi) is 67.7. The number of hydrogen-bond acceptors (Lipinski definition) is 4. The maximum absolute atomic E-state index is 10.2. The maximum atomic E-state index is 10.2. The van der Waals surface area contributed by atoms with Crippen molar-refractivity contribution in [3.63, 3.8) is 0 Å². The number of carboxylic acid groups (broad SMARTS) is 2. The Labute approximate surface area is 325 Å². The van der Waals surface area contributed by atoms with Gasteiger partial charge in [0.25, 0.3) is 0 Å². The van der Waals surface area contributed by atoms with Crippen molar-refractivity contribution in [3.05, 3.63) is 0 Å². The molecule has 0 aliphatic rings. The Bertz CT molecular complexity index is 473. The molecule has 0 N–H and O–H groups in total. The van der Waals surface area contributed by atoms with Gasteiger partial charge in [0, 0.05) is 32.3 Å². The summed E-state index contributed by atoms with van der Waals surface area (Å²) in [6, 6.07) is 0. The van der Waals surface area contributed by atoms with Crippen molar-refractivity contribution in [2.24, 2.45) is 0 Å². The molecule has 0 spiro atoms. The van der Waals surface area contributed by atoms with E-state index in [0.29, 0.717) is 0 Å². The first kappa shape index (κ1) is 55.1. The van der Waals surface area contributed by atoms with E-state index >= 15 is 0 Å². The van der Waals surface area contributed by atoms with E-state index in [1.165, 1.54) is 167 Å². The second-order valence-corrected chi connectivity index (χ2v) is 12.1. The zero-order chi connectivity index (χ0) is 31.8. The van der Waals surface area contributed by atoms with Crippen LogP contribution in [0, 0.1) is 0 Å². The first-order valence-corrected chi connectivity index (χ1v) is 22.9. The van der Waals surface area contributed by atoms with Gasteiger partial charge in [-0.3, -0.25) is 0 Å². The minimum absolute atomic E-state index is 0. The van der Waals surface area contributed by atoms with Gasteiger partial charge >= 0.3 is 44.8 Å². The van der Waals surface area contributed by atoms with Gasteiger partial charge in [0.05, 0.1) is 0 Å². The number of rotatable bonds is 32. The Morgan fingerprint density at radius 1 is 0.364 bits per heavy atom. The third-order valence-corrected chi connectivity index (χ3v) is 7.97. The minimum Gasteiger partial charge on any atom is -0.550 e. The van der Waals surface area contributed by atoms with E-state index < -0.39 is 11.9 Å². The summed E-state index contributed by atoms with van der Waals surface area (Å²) in [5, 5.41) is 20.4. The average molecular weight is 989 g/mol. The Hall–Kier alpha value is 1.63. The molecule has 0 aromatic carbocycles. The van der Waals surface area contributed by atoms with Crippen LogP contribution in [0.15, 0.2) is 0 Å². The van der Waals surface area contributed by atoms with Gasteiger partial charge in [-0.05, 0) is 38.4 Å². The molecular formula is C36H70Ag2BrIO4. The Balaban J connectivity index is -0.000000209. The molecule has 0 fully saturated rings. The van der Waals surface area contributed by atoms with Crippen LogP contribution in [-0.2, 0) is 54.3 Å². The number of aliphatic carboxylic acids is 2. The van der Waals surface area contributed by atoms with Crippen molar-refractivity contribution >= 4 is 45.0 Å². The molecule has 0 aromatic heterocycles. The molecule has 0 saturated carbocycles. The number of unbranched alkanes of at least 4 members (excludes halogenated alkanes) is 28. The summed E-state index contributed by atoms with van der Waals surface area (Å²) >= 11 is 4.87. The third-order valence-electron chi connectivity index (χ3n) is 7.97. The molecule has 274 valence electrons. The first-order valence-electron chi connectivity index (χ1n) is 18.1. The molecule has 0 aliphatic heterocycles. The van der Waals surface area contributed by atoms with E-state index in [9.17, 15) is 19.8 Å². The molecule has 0 rings (SSSR count). The molecule has 0 bridgehead atoms. The van der Waals surface area contributed by atoms with E-state index in [2.05, 4.69) is 26.5 Å². The molecule has 0 radical (unpaired) electrons. The molecule has 0 unspecified atom stereocenters. The smallest absolute Gasteiger partial charge is 0.550 e. The van der Waals surface area contributed by atoms with Crippen molar-refractivity contribution < 1.29 is 64.6 Å². The molecule has 0 atom stereocenters. The van der Waals surface area contributed by atoms with Gasteiger partial charge in [-0.2, -0.15) is 0 Å². The maximum Gasteiger partial charge on any atom is 1.00 e. The van der Waals surface area contributed by atoms with Crippen LogP contribution in [0.5, 0.6) is 0 Å². The van der Waals surface area contributed by atoms with Crippen LogP contribution in [0.4, 0.5) is 0 Å². The van der Waals surface area contributed by atoms with Crippen molar-refractivity contribution in [2.75, 3.05) is 0 Å². The topological polar surface area (TPSA) is 80.3 Å².